The molecule has 1 aromatic rings. The van der Waals surface area contributed by atoms with Crippen LogP contribution in [0.15, 0.2) is 29.3 Å². The van der Waals surface area contributed by atoms with Gasteiger partial charge in [-0.3, -0.25) is 4.72 Å². The van der Waals surface area contributed by atoms with Gasteiger partial charge in [0.2, 0.25) is 10.0 Å². The lowest BCUT2D eigenvalue weighted by atomic mass is 10.2. The van der Waals surface area contributed by atoms with Gasteiger partial charge >= 0.3 is 0 Å². The van der Waals surface area contributed by atoms with Gasteiger partial charge in [-0.15, -0.1) is 0 Å². The van der Waals surface area contributed by atoms with Crippen molar-refractivity contribution in [1.29, 1.82) is 0 Å². The maximum atomic E-state index is 10.9. The van der Waals surface area contributed by atoms with E-state index < -0.39 is 10.0 Å². The molecule has 1 rings (SSSR count). The van der Waals surface area contributed by atoms with Crippen LogP contribution < -0.4 is 4.72 Å². The molecule has 0 saturated carbocycles. The van der Waals surface area contributed by atoms with Crippen molar-refractivity contribution >= 4 is 37.7 Å². The van der Waals surface area contributed by atoms with Crippen LogP contribution in [0.5, 0.6) is 0 Å². The predicted octanol–water partition coefficient (Wildman–Crippen LogP) is 2.42. The fourth-order valence-electron chi connectivity index (χ4n) is 0.993. The van der Waals surface area contributed by atoms with Crippen molar-refractivity contribution in [3.05, 3.63) is 34.8 Å². The van der Waals surface area contributed by atoms with Crippen LogP contribution in [0.2, 0.25) is 0 Å². The molecule has 0 unspecified atom stereocenters. The first-order valence-corrected chi connectivity index (χ1v) is 6.66. The molecule has 0 radical (unpaired) electrons. The Morgan fingerprint density at radius 3 is 2.71 bits per heavy atom. The lowest BCUT2D eigenvalue weighted by molar-refractivity contribution is 0.607. The smallest absolute Gasteiger partial charge is 0.229 e. The summed E-state index contributed by atoms with van der Waals surface area (Å²) in [6.07, 6.45) is 2.95. The third-order valence-electron chi connectivity index (χ3n) is 1.45. The maximum Gasteiger partial charge on any atom is 0.229 e. The Morgan fingerprint density at radius 2 is 2.14 bits per heavy atom. The summed E-state index contributed by atoms with van der Waals surface area (Å²) in [6, 6.07) is 7.12. The van der Waals surface area contributed by atoms with E-state index in [1.807, 2.05) is 12.1 Å². The molecular formula is C9H10BrNO2S. The van der Waals surface area contributed by atoms with Gasteiger partial charge in [-0.25, -0.2) is 8.42 Å². The van der Waals surface area contributed by atoms with Crippen LogP contribution in [0.3, 0.4) is 0 Å². The van der Waals surface area contributed by atoms with Crippen molar-refractivity contribution in [2.24, 2.45) is 0 Å². The third kappa shape index (κ3) is 3.93. The fraction of sp³-hybridized carbons (Fsp3) is 0.111. The first-order valence-electron chi connectivity index (χ1n) is 3.86. The molecule has 14 heavy (non-hydrogen) atoms. The summed E-state index contributed by atoms with van der Waals surface area (Å²) in [5, 5.41) is 0. The van der Waals surface area contributed by atoms with Crippen molar-refractivity contribution in [2.75, 3.05) is 11.0 Å². The Morgan fingerprint density at radius 1 is 1.43 bits per heavy atom. The second-order valence-corrected chi connectivity index (χ2v) is 5.07. The highest BCUT2D eigenvalue weighted by Crippen LogP contribution is 2.13. The van der Waals surface area contributed by atoms with Crippen LogP contribution in [0.25, 0.3) is 6.08 Å². The van der Waals surface area contributed by atoms with Gasteiger partial charge < -0.3 is 0 Å². The Hall–Kier alpha value is -0.810. The van der Waals surface area contributed by atoms with E-state index in [1.165, 1.54) is 0 Å². The molecular weight excluding hydrogens is 266 g/mol. The monoisotopic (exact) mass is 275 g/mol. The number of hydrogen-bond donors (Lipinski definition) is 1. The molecule has 1 N–H and O–H groups in total. The highest BCUT2D eigenvalue weighted by Gasteiger charge is 2.00. The molecule has 0 aliphatic carbocycles. The Balaban J connectivity index is 2.95. The Kier molecular flexibility index (Phi) is 3.71. The predicted molar refractivity (Wildman–Crippen MR) is 62.9 cm³/mol. The minimum atomic E-state index is -3.19. The molecule has 0 atom stereocenters. The first-order chi connectivity index (χ1) is 6.51. The van der Waals surface area contributed by atoms with E-state index in [1.54, 1.807) is 23.2 Å². The molecule has 76 valence electrons. The van der Waals surface area contributed by atoms with Crippen LogP contribution in [-0.2, 0) is 10.0 Å². The quantitative estimate of drug-likeness (QED) is 0.921. The van der Waals surface area contributed by atoms with Crippen LogP contribution in [-0.4, -0.2) is 14.7 Å². The zero-order chi connectivity index (χ0) is 10.6. The summed E-state index contributed by atoms with van der Waals surface area (Å²) < 4.78 is 24.3. The summed E-state index contributed by atoms with van der Waals surface area (Å²) in [5.74, 6) is 0. The minimum absolute atomic E-state index is 0.565. The molecule has 0 aromatic heterocycles. The fourth-order valence-corrected chi connectivity index (χ4v) is 1.85. The lowest BCUT2D eigenvalue weighted by Crippen LogP contribution is -2.09. The topological polar surface area (TPSA) is 46.2 Å². The number of halogens is 1. The van der Waals surface area contributed by atoms with Crippen molar-refractivity contribution in [3.8, 4) is 0 Å². The van der Waals surface area contributed by atoms with Gasteiger partial charge in [-0.05, 0) is 28.8 Å². The summed E-state index contributed by atoms with van der Waals surface area (Å²) in [6.45, 7) is 0. The van der Waals surface area contributed by atoms with Gasteiger partial charge in [0.05, 0.1) is 6.26 Å². The van der Waals surface area contributed by atoms with Crippen molar-refractivity contribution in [2.45, 2.75) is 0 Å². The summed E-state index contributed by atoms with van der Waals surface area (Å²) in [7, 11) is -3.19. The number of anilines is 1. The largest absolute Gasteiger partial charge is 0.284 e. The van der Waals surface area contributed by atoms with E-state index in [0.717, 1.165) is 11.8 Å². The lowest BCUT2D eigenvalue weighted by Gasteiger charge is -2.03. The van der Waals surface area contributed by atoms with Gasteiger partial charge in [0, 0.05) is 5.69 Å². The average Bonchev–Trinajstić information content (AvgIpc) is 2.02. The molecule has 0 heterocycles. The highest BCUT2D eigenvalue weighted by molar-refractivity contribution is 9.11. The zero-order valence-electron chi connectivity index (χ0n) is 7.57. The van der Waals surface area contributed by atoms with Crippen molar-refractivity contribution in [1.82, 2.24) is 0 Å². The number of rotatable bonds is 3. The number of sulfonamides is 1. The van der Waals surface area contributed by atoms with E-state index in [4.69, 9.17) is 0 Å². The Labute approximate surface area is 92.0 Å². The molecule has 0 spiro atoms. The number of benzene rings is 1. The van der Waals surface area contributed by atoms with Gasteiger partial charge in [0.15, 0.2) is 0 Å². The average molecular weight is 276 g/mol. The summed E-state index contributed by atoms with van der Waals surface area (Å²) >= 11 is 3.15. The van der Waals surface area contributed by atoms with Crippen molar-refractivity contribution < 1.29 is 8.42 Å². The molecule has 0 bridgehead atoms. The molecule has 1 aromatic carbocycles. The van der Waals surface area contributed by atoms with Crippen molar-refractivity contribution in [3.63, 3.8) is 0 Å². The maximum absolute atomic E-state index is 10.9. The molecule has 0 saturated heterocycles. The summed E-state index contributed by atoms with van der Waals surface area (Å²) in [4.78, 5) is 1.71. The second kappa shape index (κ2) is 4.61. The van der Waals surface area contributed by atoms with Gasteiger partial charge in [0.25, 0.3) is 0 Å². The standard InChI is InChI=1S/C9H10BrNO2S/c1-14(12,13)11-9-4-2-3-8(7-9)5-6-10/h2-7,11H,1H3/b6-5+. The van der Waals surface area contributed by atoms with Crippen LogP contribution in [0.1, 0.15) is 5.56 Å². The minimum Gasteiger partial charge on any atom is -0.284 e. The third-order valence-corrected chi connectivity index (χ3v) is 2.32. The SMILES string of the molecule is CS(=O)(=O)Nc1cccc(/C=C/Br)c1. The second-order valence-electron chi connectivity index (χ2n) is 2.79. The molecule has 0 amide bonds. The summed E-state index contributed by atoms with van der Waals surface area (Å²) in [5.41, 5.74) is 1.49. The van der Waals surface area contributed by atoms with Gasteiger partial charge in [-0.2, -0.15) is 0 Å². The molecule has 0 fully saturated rings. The zero-order valence-corrected chi connectivity index (χ0v) is 9.97. The van der Waals surface area contributed by atoms with Gasteiger partial charge in [0.1, 0.15) is 0 Å². The van der Waals surface area contributed by atoms with E-state index >= 15 is 0 Å². The van der Waals surface area contributed by atoms with E-state index in [9.17, 15) is 8.42 Å². The normalized spacial score (nSPS) is 11.9. The highest BCUT2D eigenvalue weighted by atomic mass is 79.9. The van der Waals surface area contributed by atoms with E-state index in [-0.39, 0.29) is 0 Å². The molecule has 3 nitrogen and oxygen atoms in total. The number of hydrogen-bond acceptors (Lipinski definition) is 2. The first kappa shape index (κ1) is 11.3. The van der Waals surface area contributed by atoms with Crippen LogP contribution in [0, 0.1) is 0 Å². The molecule has 5 heteroatoms. The van der Waals surface area contributed by atoms with E-state index in [2.05, 4.69) is 20.7 Å². The Bertz CT molecular complexity index is 440. The number of nitrogens with one attached hydrogen (secondary N) is 1. The van der Waals surface area contributed by atoms with E-state index in [0.29, 0.717) is 5.69 Å². The van der Waals surface area contributed by atoms with Crippen LogP contribution >= 0.6 is 15.9 Å². The van der Waals surface area contributed by atoms with Gasteiger partial charge in [-0.1, -0.05) is 28.1 Å². The molecule has 0 aliphatic rings. The molecule has 0 aliphatic heterocycles. The van der Waals surface area contributed by atoms with Crippen LogP contribution in [0.4, 0.5) is 5.69 Å².